The predicted molar refractivity (Wildman–Crippen MR) is 96.0 cm³/mol. The van der Waals surface area contributed by atoms with E-state index < -0.39 is 0 Å². The fraction of sp³-hybridized carbons (Fsp3) is 0.167. The molecule has 3 nitrogen and oxygen atoms in total. The van der Waals surface area contributed by atoms with E-state index in [0.29, 0.717) is 0 Å². The van der Waals surface area contributed by atoms with Gasteiger partial charge in [-0.25, -0.2) is 4.68 Å². The standard InChI is InChI=1S/C18H15Cl2N3/c1-11-10-14(20)6-7-16(11)23-18-15(8-9-21-18)17(22-23)12-2-4-13(19)5-3-12/h2-7,10,21H,8-9H2,1H3. The van der Waals surface area contributed by atoms with Gasteiger partial charge in [-0.1, -0.05) is 35.3 Å². The molecule has 2 aromatic carbocycles. The lowest BCUT2D eigenvalue weighted by Gasteiger charge is -2.09. The van der Waals surface area contributed by atoms with Gasteiger partial charge in [0.15, 0.2) is 0 Å². The van der Waals surface area contributed by atoms with Crippen LogP contribution in [-0.2, 0) is 6.42 Å². The van der Waals surface area contributed by atoms with Crippen molar-refractivity contribution in [3.63, 3.8) is 0 Å². The molecule has 2 heterocycles. The molecule has 1 aromatic heterocycles. The maximum atomic E-state index is 6.08. The molecule has 0 bridgehead atoms. The van der Waals surface area contributed by atoms with E-state index >= 15 is 0 Å². The second-order valence-corrected chi connectivity index (χ2v) is 6.57. The number of aryl methyl sites for hydroxylation is 1. The minimum Gasteiger partial charge on any atom is -0.369 e. The van der Waals surface area contributed by atoms with Crippen LogP contribution in [0.5, 0.6) is 0 Å². The van der Waals surface area contributed by atoms with Crippen LogP contribution in [0.2, 0.25) is 10.0 Å². The molecule has 3 aromatic rings. The predicted octanol–water partition coefficient (Wildman–Crippen LogP) is 5.12. The maximum Gasteiger partial charge on any atom is 0.133 e. The zero-order chi connectivity index (χ0) is 16.0. The average molecular weight is 344 g/mol. The van der Waals surface area contributed by atoms with Gasteiger partial charge < -0.3 is 5.32 Å². The summed E-state index contributed by atoms with van der Waals surface area (Å²) < 4.78 is 1.98. The summed E-state index contributed by atoms with van der Waals surface area (Å²) in [6.45, 7) is 2.98. The first-order valence-electron chi connectivity index (χ1n) is 7.52. The van der Waals surface area contributed by atoms with Gasteiger partial charge in [-0.3, -0.25) is 0 Å². The quantitative estimate of drug-likeness (QED) is 0.699. The van der Waals surface area contributed by atoms with Gasteiger partial charge >= 0.3 is 0 Å². The van der Waals surface area contributed by atoms with E-state index in [1.807, 2.05) is 54.1 Å². The van der Waals surface area contributed by atoms with Gasteiger partial charge in [0.05, 0.1) is 11.4 Å². The summed E-state index contributed by atoms with van der Waals surface area (Å²) in [5.74, 6) is 1.07. The van der Waals surface area contributed by atoms with Crippen molar-refractivity contribution in [1.82, 2.24) is 9.78 Å². The van der Waals surface area contributed by atoms with Crippen LogP contribution in [0.4, 0.5) is 5.82 Å². The Morgan fingerprint density at radius 3 is 2.52 bits per heavy atom. The number of fused-ring (bicyclic) bond motifs is 1. The van der Waals surface area contributed by atoms with Crippen molar-refractivity contribution in [2.75, 3.05) is 11.9 Å². The number of nitrogens with zero attached hydrogens (tertiary/aromatic N) is 2. The van der Waals surface area contributed by atoms with Crippen molar-refractivity contribution in [1.29, 1.82) is 0 Å². The van der Waals surface area contributed by atoms with Gasteiger partial charge in [0.25, 0.3) is 0 Å². The number of nitrogens with one attached hydrogen (secondary N) is 1. The molecule has 1 N–H and O–H groups in total. The zero-order valence-electron chi connectivity index (χ0n) is 12.6. The Hall–Kier alpha value is -1.97. The number of hydrogen-bond donors (Lipinski definition) is 1. The Morgan fingerprint density at radius 2 is 1.78 bits per heavy atom. The summed E-state index contributed by atoms with van der Waals surface area (Å²) in [4.78, 5) is 0. The van der Waals surface area contributed by atoms with Crippen LogP contribution in [0.25, 0.3) is 16.9 Å². The highest BCUT2D eigenvalue weighted by Crippen LogP contribution is 2.35. The first-order valence-corrected chi connectivity index (χ1v) is 8.27. The fourth-order valence-electron chi connectivity index (χ4n) is 3.05. The maximum absolute atomic E-state index is 6.08. The van der Waals surface area contributed by atoms with Crippen LogP contribution in [0.3, 0.4) is 0 Å². The van der Waals surface area contributed by atoms with E-state index in [-0.39, 0.29) is 0 Å². The Labute approximate surface area is 144 Å². The molecule has 0 amide bonds. The lowest BCUT2D eigenvalue weighted by molar-refractivity contribution is 0.875. The summed E-state index contributed by atoms with van der Waals surface area (Å²) in [7, 11) is 0. The molecular weight excluding hydrogens is 329 g/mol. The van der Waals surface area contributed by atoms with Gasteiger partial charge in [0.2, 0.25) is 0 Å². The lowest BCUT2D eigenvalue weighted by Crippen LogP contribution is -2.05. The van der Waals surface area contributed by atoms with Crippen molar-refractivity contribution in [3.8, 4) is 16.9 Å². The molecule has 0 aliphatic carbocycles. The van der Waals surface area contributed by atoms with Crippen molar-refractivity contribution in [2.24, 2.45) is 0 Å². The monoisotopic (exact) mass is 343 g/mol. The third kappa shape index (κ3) is 2.50. The van der Waals surface area contributed by atoms with Crippen LogP contribution in [0.15, 0.2) is 42.5 Å². The SMILES string of the molecule is Cc1cc(Cl)ccc1-n1nc(-c2ccc(Cl)cc2)c2c1NCC2. The largest absolute Gasteiger partial charge is 0.369 e. The highest BCUT2D eigenvalue weighted by atomic mass is 35.5. The summed E-state index contributed by atoms with van der Waals surface area (Å²) in [6.07, 6.45) is 0.972. The van der Waals surface area contributed by atoms with E-state index in [9.17, 15) is 0 Å². The topological polar surface area (TPSA) is 29.9 Å². The third-order valence-electron chi connectivity index (χ3n) is 4.16. The van der Waals surface area contributed by atoms with Gasteiger partial charge in [0.1, 0.15) is 5.82 Å². The van der Waals surface area contributed by atoms with Crippen molar-refractivity contribution >= 4 is 29.0 Å². The Balaban J connectivity index is 1.89. The minimum absolute atomic E-state index is 0.733. The molecule has 1 aliphatic heterocycles. The molecule has 0 atom stereocenters. The van der Waals surface area contributed by atoms with Crippen molar-refractivity contribution < 1.29 is 0 Å². The normalized spacial score (nSPS) is 13.0. The van der Waals surface area contributed by atoms with E-state index in [0.717, 1.165) is 51.3 Å². The molecule has 116 valence electrons. The summed E-state index contributed by atoms with van der Waals surface area (Å²) in [5.41, 5.74) is 5.48. The second kappa shape index (κ2) is 5.59. The first-order chi connectivity index (χ1) is 11.1. The lowest BCUT2D eigenvalue weighted by atomic mass is 10.1. The molecule has 0 radical (unpaired) electrons. The van der Waals surface area contributed by atoms with Crippen molar-refractivity contribution in [2.45, 2.75) is 13.3 Å². The molecule has 0 fully saturated rings. The molecular formula is C18H15Cl2N3. The summed E-state index contributed by atoms with van der Waals surface area (Å²) in [5, 5.41) is 9.78. The second-order valence-electron chi connectivity index (χ2n) is 5.70. The summed E-state index contributed by atoms with van der Waals surface area (Å²) >= 11 is 12.1. The molecule has 5 heteroatoms. The highest BCUT2D eigenvalue weighted by molar-refractivity contribution is 6.31. The fourth-order valence-corrected chi connectivity index (χ4v) is 3.40. The Morgan fingerprint density at radius 1 is 1.04 bits per heavy atom. The molecule has 0 saturated carbocycles. The van der Waals surface area contributed by atoms with E-state index in [2.05, 4.69) is 5.32 Å². The third-order valence-corrected chi connectivity index (χ3v) is 4.64. The number of rotatable bonds is 2. The molecule has 4 rings (SSSR count). The van der Waals surface area contributed by atoms with Gasteiger partial charge in [-0.15, -0.1) is 0 Å². The number of anilines is 1. The van der Waals surface area contributed by atoms with E-state index in [1.54, 1.807) is 0 Å². The van der Waals surface area contributed by atoms with Gasteiger partial charge in [-0.05, 0) is 49.2 Å². The van der Waals surface area contributed by atoms with Gasteiger partial charge in [0, 0.05) is 27.7 Å². The number of hydrogen-bond acceptors (Lipinski definition) is 2. The average Bonchev–Trinajstić information content (AvgIpc) is 3.11. The number of benzene rings is 2. The number of halogens is 2. The summed E-state index contributed by atoms with van der Waals surface area (Å²) in [6, 6.07) is 13.7. The van der Waals surface area contributed by atoms with Crippen molar-refractivity contribution in [3.05, 3.63) is 63.6 Å². The Bertz CT molecular complexity index is 882. The number of aromatic nitrogens is 2. The molecule has 0 spiro atoms. The molecule has 1 aliphatic rings. The van der Waals surface area contributed by atoms with Gasteiger partial charge in [-0.2, -0.15) is 5.10 Å². The molecule has 0 saturated heterocycles. The smallest absolute Gasteiger partial charge is 0.133 e. The van der Waals surface area contributed by atoms with E-state index in [1.165, 1.54) is 5.56 Å². The van der Waals surface area contributed by atoms with E-state index in [4.69, 9.17) is 28.3 Å². The highest BCUT2D eigenvalue weighted by Gasteiger charge is 2.24. The van der Waals surface area contributed by atoms with Crippen LogP contribution in [0, 0.1) is 6.92 Å². The zero-order valence-corrected chi connectivity index (χ0v) is 14.1. The van der Waals surface area contributed by atoms with Crippen LogP contribution in [0.1, 0.15) is 11.1 Å². The molecule has 0 unspecified atom stereocenters. The molecule has 23 heavy (non-hydrogen) atoms. The minimum atomic E-state index is 0.733. The van der Waals surface area contributed by atoms with Crippen LogP contribution >= 0.6 is 23.2 Å². The van der Waals surface area contributed by atoms with Crippen LogP contribution < -0.4 is 5.32 Å². The Kier molecular flexibility index (Phi) is 3.55. The van der Waals surface area contributed by atoms with Crippen LogP contribution in [-0.4, -0.2) is 16.3 Å². The first kappa shape index (κ1) is 14.6.